The van der Waals surface area contributed by atoms with E-state index in [0.29, 0.717) is 6.04 Å². The van der Waals surface area contributed by atoms with E-state index in [1.807, 2.05) is 0 Å². The van der Waals surface area contributed by atoms with Gasteiger partial charge in [-0.05, 0) is 52.3 Å². The Balaban J connectivity index is 2.31. The Kier molecular flexibility index (Phi) is 3.43. The number of hydrogen-bond donors (Lipinski definition) is 1. The molecule has 0 amide bonds. The first kappa shape index (κ1) is 12.4. The average molecular weight is 232 g/mol. The molecule has 17 heavy (non-hydrogen) atoms. The molecule has 0 spiro atoms. The largest absolute Gasteiger partial charge is 0.367 e. The molecule has 0 aromatic heterocycles. The summed E-state index contributed by atoms with van der Waals surface area (Å²) in [6.07, 6.45) is 1.21. The van der Waals surface area contributed by atoms with E-state index in [9.17, 15) is 0 Å². The molecule has 0 aliphatic carbocycles. The van der Waals surface area contributed by atoms with Crippen molar-refractivity contribution in [1.82, 2.24) is 5.32 Å². The molecule has 94 valence electrons. The summed E-state index contributed by atoms with van der Waals surface area (Å²) in [5.74, 6) is 0. The maximum atomic E-state index is 3.63. The zero-order chi connectivity index (χ0) is 12.5. The first-order valence-electron chi connectivity index (χ1n) is 6.57. The Morgan fingerprint density at radius 3 is 2.71 bits per heavy atom. The van der Waals surface area contributed by atoms with Crippen LogP contribution in [0.3, 0.4) is 0 Å². The van der Waals surface area contributed by atoms with Crippen molar-refractivity contribution in [2.75, 3.05) is 18.0 Å². The minimum Gasteiger partial charge on any atom is -0.367 e. The van der Waals surface area contributed by atoms with Crippen LogP contribution < -0.4 is 10.2 Å². The number of nitrogens with one attached hydrogen (secondary N) is 1. The summed E-state index contributed by atoms with van der Waals surface area (Å²) in [5.41, 5.74) is 2.95. The van der Waals surface area contributed by atoms with Crippen molar-refractivity contribution in [1.29, 1.82) is 0 Å². The molecule has 2 nitrogen and oxygen atoms in total. The third-order valence-electron chi connectivity index (χ3n) is 3.69. The highest BCUT2D eigenvalue weighted by Gasteiger charge is 2.28. The van der Waals surface area contributed by atoms with Crippen LogP contribution in [0.2, 0.25) is 0 Å². The molecule has 1 fully saturated rings. The van der Waals surface area contributed by atoms with Gasteiger partial charge in [0.15, 0.2) is 0 Å². The smallest absolute Gasteiger partial charge is 0.0398 e. The molecule has 1 N–H and O–H groups in total. The molecule has 1 aliphatic rings. The van der Waals surface area contributed by atoms with Crippen LogP contribution in [-0.4, -0.2) is 24.7 Å². The van der Waals surface area contributed by atoms with Gasteiger partial charge in [0.2, 0.25) is 0 Å². The predicted molar refractivity (Wildman–Crippen MR) is 74.7 cm³/mol. The second-order valence-electron chi connectivity index (χ2n) is 5.86. The molecule has 1 unspecified atom stereocenters. The van der Waals surface area contributed by atoms with Crippen molar-refractivity contribution in [2.45, 2.75) is 45.7 Å². The van der Waals surface area contributed by atoms with Crippen molar-refractivity contribution in [3.8, 4) is 0 Å². The third kappa shape index (κ3) is 2.81. The summed E-state index contributed by atoms with van der Waals surface area (Å²) in [5, 5.41) is 3.63. The molecule has 1 saturated heterocycles. The van der Waals surface area contributed by atoms with Crippen molar-refractivity contribution in [3.63, 3.8) is 0 Å². The molecule has 1 aromatic rings. The molecule has 1 aliphatic heterocycles. The van der Waals surface area contributed by atoms with Gasteiger partial charge in [0.25, 0.3) is 0 Å². The fourth-order valence-electron chi connectivity index (χ4n) is 2.62. The van der Waals surface area contributed by atoms with Gasteiger partial charge in [0, 0.05) is 23.8 Å². The lowest BCUT2D eigenvalue weighted by atomic mass is 10.0. The van der Waals surface area contributed by atoms with E-state index in [0.717, 1.165) is 13.1 Å². The van der Waals surface area contributed by atoms with Crippen molar-refractivity contribution in [2.24, 2.45) is 0 Å². The third-order valence-corrected chi connectivity index (χ3v) is 3.69. The molecule has 1 aromatic carbocycles. The van der Waals surface area contributed by atoms with Crippen LogP contribution in [0.15, 0.2) is 24.3 Å². The zero-order valence-corrected chi connectivity index (χ0v) is 11.5. The van der Waals surface area contributed by atoms with Gasteiger partial charge in [-0.25, -0.2) is 0 Å². The van der Waals surface area contributed by atoms with Crippen LogP contribution >= 0.6 is 0 Å². The van der Waals surface area contributed by atoms with Gasteiger partial charge in [-0.1, -0.05) is 18.2 Å². The van der Waals surface area contributed by atoms with Crippen LogP contribution in [0.4, 0.5) is 5.69 Å². The summed E-state index contributed by atoms with van der Waals surface area (Å²) in [7, 11) is 0. The van der Waals surface area contributed by atoms with Crippen molar-refractivity contribution >= 4 is 5.69 Å². The highest BCUT2D eigenvalue weighted by Crippen LogP contribution is 2.26. The molecule has 0 radical (unpaired) electrons. The number of para-hydroxylation sites is 1. The quantitative estimate of drug-likeness (QED) is 0.801. The molecule has 2 rings (SSSR count). The standard InChI is InChI=1S/C15H24N2/c1-12-7-5-6-8-14(12)17-11-15(3,4)16-10-9-13(17)2/h5-8,13,16H,9-11H2,1-4H3. The van der Waals surface area contributed by atoms with Crippen LogP contribution in [0.1, 0.15) is 32.8 Å². The number of nitrogens with zero attached hydrogens (tertiary/aromatic N) is 1. The maximum Gasteiger partial charge on any atom is 0.0398 e. The molecule has 0 bridgehead atoms. The highest BCUT2D eigenvalue weighted by atomic mass is 15.2. The first-order chi connectivity index (χ1) is 7.99. The van der Waals surface area contributed by atoms with Crippen LogP contribution in [0.25, 0.3) is 0 Å². The zero-order valence-electron chi connectivity index (χ0n) is 11.5. The number of anilines is 1. The second kappa shape index (κ2) is 4.69. The SMILES string of the molecule is Cc1ccccc1N1CC(C)(C)NCCC1C. The average Bonchev–Trinajstić information content (AvgIpc) is 2.38. The molecule has 1 heterocycles. The number of benzene rings is 1. The van der Waals surface area contributed by atoms with Gasteiger partial charge < -0.3 is 10.2 Å². The predicted octanol–water partition coefficient (Wildman–Crippen LogP) is 2.96. The Bertz CT molecular complexity index is 384. The maximum absolute atomic E-state index is 3.63. The summed E-state index contributed by atoms with van der Waals surface area (Å²) >= 11 is 0. The molecular formula is C15H24N2. The highest BCUT2D eigenvalue weighted by molar-refractivity contribution is 5.54. The number of aryl methyl sites for hydroxylation is 1. The minimum absolute atomic E-state index is 0.188. The van der Waals surface area contributed by atoms with E-state index >= 15 is 0 Å². The Morgan fingerprint density at radius 1 is 1.29 bits per heavy atom. The minimum atomic E-state index is 0.188. The van der Waals surface area contributed by atoms with E-state index in [1.54, 1.807) is 0 Å². The van der Waals surface area contributed by atoms with Crippen molar-refractivity contribution < 1.29 is 0 Å². The second-order valence-corrected chi connectivity index (χ2v) is 5.86. The van der Waals surface area contributed by atoms with Gasteiger partial charge in [-0.3, -0.25) is 0 Å². The lowest BCUT2D eigenvalue weighted by Crippen LogP contribution is -2.47. The molecule has 2 heteroatoms. The number of hydrogen-bond acceptors (Lipinski definition) is 2. The van der Waals surface area contributed by atoms with Crippen molar-refractivity contribution in [3.05, 3.63) is 29.8 Å². The van der Waals surface area contributed by atoms with Crippen LogP contribution in [0, 0.1) is 6.92 Å². The lowest BCUT2D eigenvalue weighted by Gasteiger charge is -2.35. The van der Waals surface area contributed by atoms with Gasteiger partial charge in [0.1, 0.15) is 0 Å². The van der Waals surface area contributed by atoms with Gasteiger partial charge in [-0.15, -0.1) is 0 Å². The lowest BCUT2D eigenvalue weighted by molar-refractivity contribution is 0.415. The molecular weight excluding hydrogens is 208 g/mol. The summed E-state index contributed by atoms with van der Waals surface area (Å²) < 4.78 is 0. The van der Waals surface area contributed by atoms with Crippen LogP contribution in [0.5, 0.6) is 0 Å². The van der Waals surface area contributed by atoms with Gasteiger partial charge >= 0.3 is 0 Å². The fourth-order valence-corrected chi connectivity index (χ4v) is 2.62. The monoisotopic (exact) mass is 232 g/mol. The van der Waals surface area contributed by atoms with Gasteiger partial charge in [-0.2, -0.15) is 0 Å². The van der Waals surface area contributed by atoms with E-state index < -0.39 is 0 Å². The molecule has 1 atom stereocenters. The Hall–Kier alpha value is -1.02. The Morgan fingerprint density at radius 2 is 2.00 bits per heavy atom. The first-order valence-corrected chi connectivity index (χ1v) is 6.57. The summed E-state index contributed by atoms with van der Waals surface area (Å²) in [4.78, 5) is 2.55. The van der Waals surface area contributed by atoms with E-state index in [2.05, 4.69) is 62.2 Å². The topological polar surface area (TPSA) is 15.3 Å². The van der Waals surface area contributed by atoms with Gasteiger partial charge in [0.05, 0.1) is 0 Å². The van der Waals surface area contributed by atoms with E-state index in [1.165, 1.54) is 17.7 Å². The normalized spacial score (nSPS) is 24.5. The van der Waals surface area contributed by atoms with E-state index in [4.69, 9.17) is 0 Å². The Labute approximate surface area is 105 Å². The fraction of sp³-hybridized carbons (Fsp3) is 0.600. The summed E-state index contributed by atoms with van der Waals surface area (Å²) in [6, 6.07) is 9.30. The summed E-state index contributed by atoms with van der Waals surface area (Å²) in [6.45, 7) is 11.3. The molecule has 0 saturated carbocycles. The van der Waals surface area contributed by atoms with Crippen LogP contribution in [-0.2, 0) is 0 Å². The number of rotatable bonds is 1. The van der Waals surface area contributed by atoms with E-state index in [-0.39, 0.29) is 5.54 Å².